The molecule has 2 N–H and O–H groups in total. The van der Waals surface area contributed by atoms with Crippen LogP contribution in [0.5, 0.6) is 17.2 Å². The third-order valence-electron chi connectivity index (χ3n) is 5.26. The fourth-order valence-electron chi connectivity index (χ4n) is 4.17. The van der Waals surface area contributed by atoms with Crippen molar-refractivity contribution in [3.63, 3.8) is 0 Å². The van der Waals surface area contributed by atoms with E-state index in [0.29, 0.717) is 11.7 Å². The number of fused-ring (bicyclic) bond motifs is 2. The van der Waals surface area contributed by atoms with Crippen molar-refractivity contribution in [1.82, 2.24) is 5.32 Å². The van der Waals surface area contributed by atoms with Gasteiger partial charge >= 0.3 is 0 Å². The molecule has 0 bridgehead atoms. The van der Waals surface area contributed by atoms with Gasteiger partial charge in [-0.3, -0.25) is 0 Å². The molecular formula is C18H25NO3. The molecule has 120 valence electrons. The van der Waals surface area contributed by atoms with Crippen LogP contribution in [-0.4, -0.2) is 30.4 Å². The molecule has 0 radical (unpaired) electrons. The number of nitrogens with one attached hydrogen (secondary N) is 1. The largest absolute Gasteiger partial charge is 0.504 e. The second kappa shape index (κ2) is 5.34. The average Bonchev–Trinajstić information content (AvgIpc) is 3.08. The van der Waals surface area contributed by atoms with Gasteiger partial charge in [-0.2, -0.15) is 0 Å². The highest BCUT2D eigenvalue weighted by Gasteiger charge is 2.36. The van der Waals surface area contributed by atoms with E-state index in [1.165, 1.54) is 24.0 Å². The van der Waals surface area contributed by atoms with Crippen molar-refractivity contribution in [2.75, 3.05) is 13.1 Å². The van der Waals surface area contributed by atoms with E-state index in [0.717, 1.165) is 49.4 Å². The van der Waals surface area contributed by atoms with Gasteiger partial charge in [0, 0.05) is 29.5 Å². The molecule has 1 fully saturated rings. The van der Waals surface area contributed by atoms with Crippen LogP contribution in [0, 0.1) is 5.92 Å². The molecule has 0 saturated carbocycles. The number of benzene rings is 1. The zero-order valence-electron chi connectivity index (χ0n) is 13.4. The minimum Gasteiger partial charge on any atom is -0.504 e. The van der Waals surface area contributed by atoms with Crippen LogP contribution < -0.4 is 14.8 Å². The maximum Gasteiger partial charge on any atom is 0.165 e. The fraction of sp³-hybridized carbons (Fsp3) is 0.667. The molecule has 1 aromatic rings. The van der Waals surface area contributed by atoms with Gasteiger partial charge in [0.15, 0.2) is 11.5 Å². The van der Waals surface area contributed by atoms with Crippen LogP contribution in [0.4, 0.5) is 0 Å². The highest BCUT2D eigenvalue weighted by Crippen LogP contribution is 2.51. The lowest BCUT2D eigenvalue weighted by Crippen LogP contribution is -2.29. The van der Waals surface area contributed by atoms with Gasteiger partial charge in [-0.05, 0) is 52.1 Å². The standard InChI is InChI=1S/C18H25NO3/c1-10-7-13-14(9-12-3-5-19-6-4-12)17-15(8-11(2)21-17)16(20)18(13)22-10/h10-12,19-20H,3-9H2,1-2H3. The Hall–Kier alpha value is -1.42. The lowest BCUT2D eigenvalue weighted by atomic mass is 9.86. The second-order valence-electron chi connectivity index (χ2n) is 7.11. The lowest BCUT2D eigenvalue weighted by molar-refractivity contribution is 0.244. The third-order valence-corrected chi connectivity index (χ3v) is 5.26. The topological polar surface area (TPSA) is 50.7 Å². The van der Waals surface area contributed by atoms with Crippen LogP contribution in [0.15, 0.2) is 0 Å². The predicted octanol–water partition coefficient (Wildman–Crippen LogP) is 2.58. The van der Waals surface area contributed by atoms with Crippen LogP contribution in [0.3, 0.4) is 0 Å². The summed E-state index contributed by atoms with van der Waals surface area (Å²) in [5, 5.41) is 14.0. The number of hydrogen-bond donors (Lipinski definition) is 2. The number of rotatable bonds is 2. The Morgan fingerprint density at radius 1 is 1.00 bits per heavy atom. The molecule has 0 aliphatic carbocycles. The van der Waals surface area contributed by atoms with Crippen molar-refractivity contribution in [2.45, 2.75) is 58.2 Å². The van der Waals surface area contributed by atoms with Crippen molar-refractivity contribution in [3.05, 3.63) is 16.7 Å². The first kappa shape index (κ1) is 14.2. The molecule has 4 rings (SSSR count). The zero-order chi connectivity index (χ0) is 15.3. The lowest BCUT2D eigenvalue weighted by Gasteiger charge is -2.24. The van der Waals surface area contributed by atoms with Crippen LogP contribution in [-0.2, 0) is 19.3 Å². The maximum absolute atomic E-state index is 10.6. The molecule has 4 nitrogen and oxygen atoms in total. The predicted molar refractivity (Wildman–Crippen MR) is 85.0 cm³/mol. The van der Waals surface area contributed by atoms with E-state index in [1.54, 1.807) is 0 Å². The van der Waals surface area contributed by atoms with Crippen LogP contribution in [0.25, 0.3) is 0 Å². The highest BCUT2D eigenvalue weighted by atomic mass is 16.5. The number of piperidine rings is 1. The Morgan fingerprint density at radius 3 is 2.36 bits per heavy atom. The molecule has 4 heteroatoms. The first-order valence-electron chi connectivity index (χ1n) is 8.57. The van der Waals surface area contributed by atoms with Gasteiger partial charge in [-0.25, -0.2) is 0 Å². The third kappa shape index (κ3) is 2.24. The van der Waals surface area contributed by atoms with Crippen molar-refractivity contribution >= 4 is 0 Å². The number of phenolic OH excluding ortho intramolecular Hbond substituents is 1. The number of hydrogen-bond acceptors (Lipinski definition) is 4. The number of ether oxygens (including phenoxy) is 2. The molecule has 2 unspecified atom stereocenters. The summed E-state index contributed by atoms with van der Waals surface area (Å²) >= 11 is 0. The monoisotopic (exact) mass is 303 g/mol. The van der Waals surface area contributed by atoms with E-state index in [1.807, 2.05) is 0 Å². The summed E-state index contributed by atoms with van der Waals surface area (Å²) in [6, 6.07) is 0. The summed E-state index contributed by atoms with van der Waals surface area (Å²) in [5.74, 6) is 2.72. The van der Waals surface area contributed by atoms with Gasteiger partial charge in [0.1, 0.15) is 18.0 Å². The molecule has 22 heavy (non-hydrogen) atoms. The Labute approximate surface area is 131 Å². The van der Waals surface area contributed by atoms with E-state index in [4.69, 9.17) is 9.47 Å². The van der Waals surface area contributed by atoms with Crippen LogP contribution >= 0.6 is 0 Å². The van der Waals surface area contributed by atoms with Gasteiger partial charge in [0.05, 0.1) is 0 Å². The van der Waals surface area contributed by atoms with E-state index in [9.17, 15) is 5.11 Å². The zero-order valence-corrected chi connectivity index (χ0v) is 13.4. The van der Waals surface area contributed by atoms with Gasteiger partial charge in [0.2, 0.25) is 0 Å². The van der Waals surface area contributed by atoms with Crippen molar-refractivity contribution in [3.8, 4) is 17.2 Å². The first-order chi connectivity index (χ1) is 10.6. The quantitative estimate of drug-likeness (QED) is 0.882. The van der Waals surface area contributed by atoms with Crippen molar-refractivity contribution in [2.24, 2.45) is 5.92 Å². The van der Waals surface area contributed by atoms with Crippen molar-refractivity contribution < 1.29 is 14.6 Å². The summed E-state index contributed by atoms with van der Waals surface area (Å²) in [5.41, 5.74) is 3.46. The average molecular weight is 303 g/mol. The van der Waals surface area contributed by atoms with Crippen LogP contribution in [0.2, 0.25) is 0 Å². The fourth-order valence-corrected chi connectivity index (χ4v) is 4.17. The van der Waals surface area contributed by atoms with Gasteiger partial charge in [-0.1, -0.05) is 0 Å². The molecular weight excluding hydrogens is 278 g/mol. The Bertz CT molecular complexity index is 553. The summed E-state index contributed by atoms with van der Waals surface area (Å²) in [6.07, 6.45) is 5.45. The highest BCUT2D eigenvalue weighted by molar-refractivity contribution is 5.65. The molecule has 1 aromatic carbocycles. The normalized spacial score (nSPS) is 27.2. The molecule has 3 aliphatic heterocycles. The summed E-state index contributed by atoms with van der Waals surface area (Å²) < 4.78 is 12.0. The molecule has 3 heterocycles. The van der Waals surface area contributed by atoms with Crippen molar-refractivity contribution in [1.29, 1.82) is 0 Å². The molecule has 1 saturated heterocycles. The minimum atomic E-state index is 0.146. The Kier molecular flexibility index (Phi) is 3.44. The van der Waals surface area contributed by atoms with Gasteiger partial charge in [0.25, 0.3) is 0 Å². The maximum atomic E-state index is 10.6. The smallest absolute Gasteiger partial charge is 0.165 e. The second-order valence-corrected chi connectivity index (χ2v) is 7.11. The van der Waals surface area contributed by atoms with E-state index < -0.39 is 0 Å². The molecule has 0 spiro atoms. The van der Waals surface area contributed by atoms with Gasteiger partial charge < -0.3 is 19.9 Å². The van der Waals surface area contributed by atoms with E-state index >= 15 is 0 Å². The number of aromatic hydroxyl groups is 1. The SMILES string of the molecule is CC1Cc2c(CC3CCNCC3)c3c(c(O)c2O1)CC(C)O3. The first-order valence-corrected chi connectivity index (χ1v) is 8.57. The Morgan fingerprint density at radius 2 is 1.64 bits per heavy atom. The molecule has 0 aromatic heterocycles. The minimum absolute atomic E-state index is 0.146. The van der Waals surface area contributed by atoms with E-state index in [-0.39, 0.29) is 12.2 Å². The molecule has 2 atom stereocenters. The van der Waals surface area contributed by atoms with Crippen LogP contribution in [0.1, 0.15) is 43.4 Å². The summed E-state index contributed by atoms with van der Waals surface area (Å²) in [6.45, 7) is 6.36. The van der Waals surface area contributed by atoms with E-state index in [2.05, 4.69) is 19.2 Å². The molecule has 0 amide bonds. The number of phenols is 1. The summed E-state index contributed by atoms with van der Waals surface area (Å²) in [7, 11) is 0. The molecule has 3 aliphatic rings. The summed E-state index contributed by atoms with van der Waals surface area (Å²) in [4.78, 5) is 0. The van der Waals surface area contributed by atoms with Gasteiger partial charge in [-0.15, -0.1) is 0 Å². The Balaban J connectivity index is 1.76.